The predicted octanol–water partition coefficient (Wildman–Crippen LogP) is 3.54. The topological polar surface area (TPSA) is 76.0 Å². The summed E-state index contributed by atoms with van der Waals surface area (Å²) >= 11 is 0. The fourth-order valence-electron chi connectivity index (χ4n) is 2.15. The molecule has 0 unspecified atom stereocenters. The van der Waals surface area contributed by atoms with Crippen LogP contribution in [0, 0.1) is 0 Å². The molecule has 0 saturated heterocycles. The van der Waals surface area contributed by atoms with E-state index in [1.807, 2.05) is 36.4 Å². The molecule has 0 spiro atoms. The number of benzene rings is 2. The Labute approximate surface area is 147 Å². The molecule has 5 heteroatoms. The van der Waals surface area contributed by atoms with E-state index < -0.39 is 17.5 Å². The van der Waals surface area contributed by atoms with Crippen LogP contribution in [0.15, 0.2) is 65.7 Å². The van der Waals surface area contributed by atoms with Gasteiger partial charge in [0.25, 0.3) is 0 Å². The minimum atomic E-state index is -1.60. The van der Waals surface area contributed by atoms with Crippen LogP contribution in [-0.2, 0) is 16.1 Å². The largest absolute Gasteiger partial charge is 0.443 e. The van der Waals surface area contributed by atoms with E-state index in [-0.39, 0.29) is 13.0 Å². The van der Waals surface area contributed by atoms with Gasteiger partial charge < -0.3 is 9.84 Å². The number of ether oxygens (including phenoxy) is 1. The third-order valence-electron chi connectivity index (χ3n) is 3.81. The molecule has 0 saturated carbocycles. The Hall–Kier alpha value is -2.79. The van der Waals surface area contributed by atoms with Crippen molar-refractivity contribution in [3.8, 4) is 0 Å². The monoisotopic (exact) mass is 339 g/mol. The molecule has 0 aliphatic rings. The van der Waals surface area contributed by atoms with Gasteiger partial charge in [-0.2, -0.15) is 4.99 Å². The van der Waals surface area contributed by atoms with Gasteiger partial charge in [0, 0.05) is 6.42 Å². The Bertz CT molecular complexity index is 752. The zero-order chi connectivity index (χ0) is 18.3. The van der Waals surface area contributed by atoms with Crippen LogP contribution in [0.3, 0.4) is 0 Å². The molecule has 0 aliphatic carbocycles. The van der Waals surface area contributed by atoms with Gasteiger partial charge >= 0.3 is 6.09 Å². The number of carbonyl (C=O) groups is 2. The average molecular weight is 339 g/mol. The average Bonchev–Trinajstić information content (AvgIpc) is 2.61. The van der Waals surface area contributed by atoms with Crippen LogP contribution in [0.4, 0.5) is 4.79 Å². The van der Waals surface area contributed by atoms with Gasteiger partial charge in [-0.15, -0.1) is 0 Å². The first-order valence-corrected chi connectivity index (χ1v) is 7.95. The highest BCUT2D eigenvalue weighted by Crippen LogP contribution is 2.17. The normalized spacial score (nSPS) is 13.8. The lowest BCUT2D eigenvalue weighted by molar-refractivity contribution is -0.132. The second-order valence-corrected chi connectivity index (χ2v) is 5.97. The van der Waals surface area contributed by atoms with Gasteiger partial charge in [-0.1, -0.05) is 60.7 Å². The van der Waals surface area contributed by atoms with Crippen molar-refractivity contribution < 1.29 is 19.4 Å². The minimum absolute atomic E-state index is 0.0766. The lowest BCUT2D eigenvalue weighted by Crippen LogP contribution is -2.36. The van der Waals surface area contributed by atoms with Gasteiger partial charge in [0.15, 0.2) is 5.78 Å². The summed E-state index contributed by atoms with van der Waals surface area (Å²) in [5.74, 6) is -0.395. The third kappa shape index (κ3) is 5.65. The molecule has 0 radical (unpaired) electrons. The summed E-state index contributed by atoms with van der Waals surface area (Å²) < 4.78 is 5.16. The quantitative estimate of drug-likeness (QED) is 0.817. The Balaban J connectivity index is 2.17. The molecular formula is C20H21NO4. The van der Waals surface area contributed by atoms with E-state index in [1.165, 1.54) is 13.8 Å². The number of aliphatic hydroxyl groups is 1. The number of aliphatic imine (C=N–C) groups is 1. The van der Waals surface area contributed by atoms with E-state index in [0.29, 0.717) is 11.3 Å². The predicted molar refractivity (Wildman–Crippen MR) is 95.5 cm³/mol. The summed E-state index contributed by atoms with van der Waals surface area (Å²) in [6, 6.07) is 18.2. The molecule has 0 fully saturated rings. The van der Waals surface area contributed by atoms with Crippen LogP contribution in [0.2, 0.25) is 0 Å². The fourth-order valence-corrected chi connectivity index (χ4v) is 2.15. The van der Waals surface area contributed by atoms with E-state index >= 15 is 0 Å². The Morgan fingerprint density at radius 1 is 1.04 bits per heavy atom. The second kappa shape index (κ2) is 8.35. The van der Waals surface area contributed by atoms with Crippen LogP contribution < -0.4 is 0 Å². The zero-order valence-electron chi connectivity index (χ0n) is 14.3. The Morgan fingerprint density at radius 3 is 2.16 bits per heavy atom. The second-order valence-electron chi connectivity index (χ2n) is 5.97. The number of ketones is 1. The number of hydrogen-bond donors (Lipinski definition) is 1. The van der Waals surface area contributed by atoms with Crippen LogP contribution in [0.25, 0.3) is 0 Å². The van der Waals surface area contributed by atoms with Crippen molar-refractivity contribution in [3.63, 3.8) is 0 Å². The number of nitrogens with zero attached hydrogens (tertiary/aromatic N) is 1. The van der Waals surface area contributed by atoms with Crippen molar-refractivity contribution in [1.82, 2.24) is 0 Å². The van der Waals surface area contributed by atoms with Crippen molar-refractivity contribution in [2.75, 3.05) is 0 Å². The Morgan fingerprint density at radius 2 is 1.60 bits per heavy atom. The summed E-state index contributed by atoms with van der Waals surface area (Å²) in [6.45, 7) is 2.81. The minimum Gasteiger partial charge on any atom is -0.443 e. The molecule has 0 aliphatic heterocycles. The van der Waals surface area contributed by atoms with E-state index in [4.69, 9.17) is 4.74 Å². The molecular weight excluding hydrogens is 318 g/mol. The van der Waals surface area contributed by atoms with Crippen LogP contribution in [-0.4, -0.2) is 28.3 Å². The zero-order valence-corrected chi connectivity index (χ0v) is 14.3. The molecule has 0 aromatic heterocycles. The third-order valence-corrected chi connectivity index (χ3v) is 3.81. The van der Waals surface area contributed by atoms with Crippen LogP contribution >= 0.6 is 0 Å². The summed E-state index contributed by atoms with van der Waals surface area (Å²) in [4.78, 5) is 27.7. The van der Waals surface area contributed by atoms with Crippen LogP contribution in [0.5, 0.6) is 0 Å². The molecule has 2 rings (SSSR count). The standard InChI is InChI=1S/C20H21NO4/c1-15(22)20(2,24)13-18(17-11-7-4-8-12-17)21-19(23)25-14-16-9-5-3-6-10-16/h3-12,24H,13-14H2,1-2H3/b21-18-/t20-/m1/s1. The molecule has 130 valence electrons. The van der Waals surface area contributed by atoms with Gasteiger partial charge in [-0.3, -0.25) is 4.79 Å². The van der Waals surface area contributed by atoms with Gasteiger partial charge in [-0.25, -0.2) is 4.79 Å². The first-order chi connectivity index (χ1) is 11.9. The first-order valence-electron chi connectivity index (χ1n) is 7.95. The SMILES string of the molecule is CC(=O)[C@](C)(O)C/C(=N/C(=O)OCc1ccccc1)c1ccccc1. The highest BCUT2D eigenvalue weighted by Gasteiger charge is 2.29. The maximum Gasteiger partial charge on any atom is 0.434 e. The lowest BCUT2D eigenvalue weighted by Gasteiger charge is -2.20. The molecule has 0 bridgehead atoms. The van der Waals surface area contributed by atoms with Gasteiger partial charge in [-0.05, 0) is 25.0 Å². The summed E-state index contributed by atoms with van der Waals surface area (Å²) in [5, 5.41) is 10.3. The van der Waals surface area contributed by atoms with Crippen molar-refractivity contribution >= 4 is 17.6 Å². The number of carbonyl (C=O) groups excluding carboxylic acids is 2. The Kier molecular flexibility index (Phi) is 6.19. The molecule has 0 heterocycles. The molecule has 1 atom stereocenters. The van der Waals surface area contributed by atoms with Gasteiger partial charge in [0.1, 0.15) is 12.2 Å². The highest BCUT2D eigenvalue weighted by atomic mass is 16.5. The first kappa shape index (κ1) is 18.5. The smallest absolute Gasteiger partial charge is 0.434 e. The number of amides is 1. The van der Waals surface area contributed by atoms with Crippen molar-refractivity contribution in [2.24, 2.45) is 4.99 Å². The van der Waals surface area contributed by atoms with Crippen molar-refractivity contribution in [3.05, 3.63) is 71.8 Å². The maximum atomic E-state index is 12.1. The van der Waals surface area contributed by atoms with E-state index in [1.54, 1.807) is 24.3 Å². The lowest BCUT2D eigenvalue weighted by atomic mass is 9.92. The number of Topliss-reactive ketones (excluding diaryl/α,β-unsaturated/α-hetero) is 1. The summed E-state index contributed by atoms with van der Waals surface area (Å²) in [5.41, 5.74) is 0.205. The summed E-state index contributed by atoms with van der Waals surface area (Å²) in [6.07, 6.45) is -0.839. The number of hydrogen-bond acceptors (Lipinski definition) is 4. The maximum absolute atomic E-state index is 12.1. The van der Waals surface area contributed by atoms with E-state index in [2.05, 4.69) is 4.99 Å². The van der Waals surface area contributed by atoms with Gasteiger partial charge in [0.05, 0.1) is 5.71 Å². The molecule has 1 N–H and O–H groups in total. The highest BCUT2D eigenvalue weighted by molar-refractivity contribution is 6.07. The molecule has 25 heavy (non-hydrogen) atoms. The van der Waals surface area contributed by atoms with Crippen molar-refractivity contribution in [1.29, 1.82) is 0 Å². The van der Waals surface area contributed by atoms with Crippen molar-refractivity contribution in [2.45, 2.75) is 32.5 Å². The molecule has 5 nitrogen and oxygen atoms in total. The summed E-state index contributed by atoms with van der Waals surface area (Å²) in [7, 11) is 0. The molecule has 2 aromatic rings. The molecule has 1 amide bonds. The van der Waals surface area contributed by atoms with E-state index in [9.17, 15) is 14.7 Å². The van der Waals surface area contributed by atoms with Crippen LogP contribution in [0.1, 0.15) is 31.4 Å². The van der Waals surface area contributed by atoms with Gasteiger partial charge in [0.2, 0.25) is 0 Å². The number of rotatable bonds is 6. The van der Waals surface area contributed by atoms with E-state index in [0.717, 1.165) is 5.56 Å². The fraction of sp³-hybridized carbons (Fsp3) is 0.250. The molecule has 2 aromatic carbocycles.